The molecule has 0 radical (unpaired) electrons. The molecule has 5 heteroatoms. The van der Waals surface area contributed by atoms with Crippen LogP contribution in [0.4, 0.5) is 8.78 Å². The summed E-state index contributed by atoms with van der Waals surface area (Å²) in [6, 6.07) is 9.82. The first kappa shape index (κ1) is 15.4. The van der Waals surface area contributed by atoms with Crippen molar-refractivity contribution in [3.8, 4) is 0 Å². The van der Waals surface area contributed by atoms with Gasteiger partial charge in [0.1, 0.15) is 0 Å². The van der Waals surface area contributed by atoms with Crippen molar-refractivity contribution in [1.29, 1.82) is 0 Å². The molecular weight excluding hydrogens is 286 g/mol. The molecule has 1 aromatic rings. The topological polar surface area (TPSA) is 32.3 Å². The fraction of sp³-hybridized carbons (Fsp3) is 0.588. The predicted molar refractivity (Wildman–Crippen MR) is 80.5 cm³/mol. The molecule has 0 aromatic heterocycles. The monoisotopic (exact) mass is 308 g/mol. The normalized spacial score (nSPS) is 24.9. The third-order valence-electron chi connectivity index (χ3n) is 4.64. The van der Waals surface area contributed by atoms with Gasteiger partial charge in [-0.15, -0.1) is 0 Å². The van der Waals surface area contributed by atoms with Crippen molar-refractivity contribution in [3.05, 3.63) is 35.9 Å². The van der Waals surface area contributed by atoms with E-state index < -0.39 is 5.92 Å². The molecule has 1 heterocycles. The summed E-state index contributed by atoms with van der Waals surface area (Å²) in [5.41, 5.74) is 1.09. The standard InChI is InChI=1S/C17H22F2N2O/c18-17(19)8-14(9-17)11-21-7-6-15(12-21)16(22)20-10-13-4-2-1-3-5-13/h1-5,14-15H,6-12H2,(H,20,22). The Morgan fingerprint density at radius 2 is 2.00 bits per heavy atom. The van der Waals surface area contributed by atoms with Crippen molar-refractivity contribution >= 4 is 5.91 Å². The number of alkyl halides is 2. The van der Waals surface area contributed by atoms with Crippen molar-refractivity contribution in [1.82, 2.24) is 10.2 Å². The molecule has 120 valence electrons. The zero-order valence-corrected chi connectivity index (χ0v) is 12.6. The summed E-state index contributed by atoms with van der Waals surface area (Å²) in [6.45, 7) is 2.79. The molecule has 2 fully saturated rings. The van der Waals surface area contributed by atoms with Crippen LogP contribution in [0, 0.1) is 11.8 Å². The molecule has 1 atom stereocenters. The molecule has 1 saturated carbocycles. The zero-order valence-electron chi connectivity index (χ0n) is 12.6. The fourth-order valence-electron chi connectivity index (χ4n) is 3.42. The molecule has 3 nitrogen and oxygen atoms in total. The van der Waals surface area contributed by atoms with E-state index >= 15 is 0 Å². The van der Waals surface area contributed by atoms with Crippen LogP contribution in [0.3, 0.4) is 0 Å². The summed E-state index contributed by atoms with van der Waals surface area (Å²) in [6.07, 6.45) is 0.840. The second-order valence-electron chi connectivity index (χ2n) is 6.58. The minimum Gasteiger partial charge on any atom is -0.352 e. The van der Waals surface area contributed by atoms with Gasteiger partial charge in [-0.05, 0) is 24.4 Å². The molecule has 0 bridgehead atoms. The van der Waals surface area contributed by atoms with Crippen LogP contribution in [0.1, 0.15) is 24.8 Å². The summed E-state index contributed by atoms with van der Waals surface area (Å²) >= 11 is 0. The number of carbonyl (C=O) groups is 1. The number of nitrogens with one attached hydrogen (secondary N) is 1. The average molecular weight is 308 g/mol. The Bertz CT molecular complexity index is 513. The summed E-state index contributed by atoms with van der Waals surface area (Å²) in [4.78, 5) is 14.3. The molecule has 1 aliphatic heterocycles. The molecule has 1 saturated heterocycles. The van der Waals surface area contributed by atoms with E-state index in [0.29, 0.717) is 19.6 Å². The van der Waals surface area contributed by atoms with E-state index in [1.54, 1.807) is 0 Å². The molecule has 0 spiro atoms. The smallest absolute Gasteiger partial charge is 0.248 e. The van der Waals surface area contributed by atoms with Gasteiger partial charge < -0.3 is 10.2 Å². The van der Waals surface area contributed by atoms with Gasteiger partial charge in [0.2, 0.25) is 11.8 Å². The predicted octanol–water partition coefficient (Wildman–Crippen LogP) is 2.67. The Morgan fingerprint density at radius 1 is 1.27 bits per heavy atom. The Hall–Kier alpha value is -1.49. The largest absolute Gasteiger partial charge is 0.352 e. The average Bonchev–Trinajstić information content (AvgIpc) is 2.92. The van der Waals surface area contributed by atoms with Gasteiger partial charge in [-0.2, -0.15) is 0 Å². The molecule has 1 amide bonds. The third kappa shape index (κ3) is 3.83. The quantitative estimate of drug-likeness (QED) is 0.907. The van der Waals surface area contributed by atoms with Gasteiger partial charge >= 0.3 is 0 Å². The van der Waals surface area contributed by atoms with Gasteiger partial charge in [-0.25, -0.2) is 8.78 Å². The van der Waals surface area contributed by atoms with E-state index in [-0.39, 0.29) is 30.6 Å². The number of amides is 1. The minimum absolute atomic E-state index is 0.00830. The van der Waals surface area contributed by atoms with Gasteiger partial charge in [-0.1, -0.05) is 30.3 Å². The highest BCUT2D eigenvalue weighted by molar-refractivity contribution is 5.79. The Balaban J connectivity index is 1.39. The van der Waals surface area contributed by atoms with E-state index in [0.717, 1.165) is 18.5 Å². The maximum atomic E-state index is 12.8. The maximum Gasteiger partial charge on any atom is 0.248 e. The van der Waals surface area contributed by atoms with Crippen molar-refractivity contribution in [3.63, 3.8) is 0 Å². The first-order valence-corrected chi connectivity index (χ1v) is 7.94. The maximum absolute atomic E-state index is 12.8. The van der Waals surface area contributed by atoms with Crippen LogP contribution < -0.4 is 5.32 Å². The van der Waals surface area contributed by atoms with E-state index in [4.69, 9.17) is 0 Å². The summed E-state index contributed by atoms with van der Waals surface area (Å²) in [5, 5.41) is 2.97. The van der Waals surface area contributed by atoms with Gasteiger partial charge in [0.25, 0.3) is 0 Å². The highest BCUT2D eigenvalue weighted by Crippen LogP contribution is 2.43. The van der Waals surface area contributed by atoms with Gasteiger partial charge in [0.15, 0.2) is 0 Å². The van der Waals surface area contributed by atoms with Crippen LogP contribution in [0.15, 0.2) is 30.3 Å². The summed E-state index contributed by atoms with van der Waals surface area (Å²) < 4.78 is 25.7. The highest BCUT2D eigenvalue weighted by Gasteiger charge is 2.46. The lowest BCUT2D eigenvalue weighted by molar-refractivity contribution is -0.125. The third-order valence-corrected chi connectivity index (χ3v) is 4.64. The second kappa shape index (κ2) is 6.32. The van der Waals surface area contributed by atoms with Crippen LogP contribution in [0.5, 0.6) is 0 Å². The number of carbonyl (C=O) groups excluding carboxylic acids is 1. The molecule has 1 aliphatic carbocycles. The first-order chi connectivity index (χ1) is 10.5. The number of benzene rings is 1. The van der Waals surface area contributed by atoms with Gasteiger partial charge in [0.05, 0.1) is 5.92 Å². The number of nitrogens with zero attached hydrogens (tertiary/aromatic N) is 1. The van der Waals surface area contributed by atoms with E-state index in [9.17, 15) is 13.6 Å². The van der Waals surface area contributed by atoms with Crippen LogP contribution >= 0.6 is 0 Å². The van der Waals surface area contributed by atoms with E-state index in [1.807, 2.05) is 30.3 Å². The summed E-state index contributed by atoms with van der Waals surface area (Å²) in [7, 11) is 0. The van der Waals surface area contributed by atoms with Gasteiger partial charge in [-0.3, -0.25) is 4.79 Å². The lowest BCUT2D eigenvalue weighted by Gasteiger charge is -2.37. The van der Waals surface area contributed by atoms with Crippen LogP contribution in [0.25, 0.3) is 0 Å². The van der Waals surface area contributed by atoms with Gasteiger partial charge in [0, 0.05) is 32.5 Å². The minimum atomic E-state index is -2.45. The van der Waals surface area contributed by atoms with E-state index in [1.165, 1.54) is 0 Å². The number of hydrogen-bond acceptors (Lipinski definition) is 2. The van der Waals surface area contributed by atoms with E-state index in [2.05, 4.69) is 10.2 Å². The lowest BCUT2D eigenvalue weighted by Crippen LogP contribution is -2.42. The number of likely N-dealkylation sites (tertiary alicyclic amines) is 1. The highest BCUT2D eigenvalue weighted by atomic mass is 19.3. The van der Waals surface area contributed by atoms with Crippen molar-refractivity contribution in [2.24, 2.45) is 11.8 Å². The first-order valence-electron chi connectivity index (χ1n) is 7.94. The summed E-state index contributed by atoms with van der Waals surface area (Å²) in [5.74, 6) is -2.28. The molecule has 22 heavy (non-hydrogen) atoms. The number of rotatable bonds is 5. The van der Waals surface area contributed by atoms with Crippen molar-refractivity contribution in [2.45, 2.75) is 31.7 Å². The molecule has 1 unspecified atom stereocenters. The van der Waals surface area contributed by atoms with Crippen LogP contribution in [0.2, 0.25) is 0 Å². The van der Waals surface area contributed by atoms with Crippen molar-refractivity contribution < 1.29 is 13.6 Å². The molecule has 1 N–H and O–H groups in total. The Morgan fingerprint density at radius 3 is 2.68 bits per heavy atom. The Kier molecular flexibility index (Phi) is 4.43. The Labute approximate surface area is 129 Å². The number of hydrogen-bond donors (Lipinski definition) is 1. The lowest BCUT2D eigenvalue weighted by atomic mass is 9.81. The molecule has 3 rings (SSSR count). The van der Waals surface area contributed by atoms with Crippen molar-refractivity contribution in [2.75, 3.05) is 19.6 Å². The molecular formula is C17H22F2N2O. The molecule has 1 aromatic carbocycles. The molecule has 2 aliphatic rings. The number of halogens is 2. The fourth-order valence-corrected chi connectivity index (χ4v) is 3.42. The second-order valence-corrected chi connectivity index (χ2v) is 6.58. The van der Waals surface area contributed by atoms with Crippen LogP contribution in [-0.4, -0.2) is 36.4 Å². The SMILES string of the molecule is O=C(NCc1ccccc1)C1CCN(CC2CC(F)(F)C2)C1. The zero-order chi connectivity index (χ0) is 15.6. The van der Waals surface area contributed by atoms with Crippen LogP contribution in [-0.2, 0) is 11.3 Å².